The zero-order valence-corrected chi connectivity index (χ0v) is 15.7. The molecule has 0 radical (unpaired) electrons. The SMILES string of the molecule is C=C1Nc2c(c3cc(Cl)c(C)nc3n(C)c2=O)N2CC(C)N(C)CC12. The summed E-state index contributed by atoms with van der Waals surface area (Å²) in [7, 11) is 3.86. The zero-order chi connectivity index (χ0) is 18.0. The van der Waals surface area contributed by atoms with Crippen LogP contribution >= 0.6 is 11.6 Å². The molecule has 6 nitrogen and oxygen atoms in total. The molecule has 0 saturated carbocycles. The minimum atomic E-state index is -0.0945. The Bertz CT molecular complexity index is 966. The first-order valence-electron chi connectivity index (χ1n) is 8.42. The fraction of sp³-hybridized carbons (Fsp3) is 0.444. The van der Waals surface area contributed by atoms with Crippen LogP contribution in [-0.2, 0) is 7.05 Å². The highest BCUT2D eigenvalue weighted by Gasteiger charge is 2.38. The van der Waals surface area contributed by atoms with Gasteiger partial charge < -0.3 is 10.2 Å². The average molecular weight is 360 g/mol. The lowest BCUT2D eigenvalue weighted by Crippen LogP contribution is -2.59. The van der Waals surface area contributed by atoms with E-state index in [1.165, 1.54) is 0 Å². The molecule has 4 rings (SSSR count). The summed E-state index contributed by atoms with van der Waals surface area (Å²) in [4.78, 5) is 22.1. The molecule has 0 aliphatic carbocycles. The van der Waals surface area contributed by atoms with Crippen LogP contribution in [0.25, 0.3) is 11.0 Å². The Balaban J connectivity index is 2.06. The molecule has 2 aromatic heterocycles. The van der Waals surface area contributed by atoms with Gasteiger partial charge >= 0.3 is 0 Å². The summed E-state index contributed by atoms with van der Waals surface area (Å²) < 4.78 is 1.58. The minimum Gasteiger partial charge on any atom is -0.358 e. The van der Waals surface area contributed by atoms with E-state index in [9.17, 15) is 4.79 Å². The highest BCUT2D eigenvalue weighted by Crippen LogP contribution is 2.40. The molecule has 0 aromatic carbocycles. The van der Waals surface area contributed by atoms with Crippen molar-refractivity contribution in [3.8, 4) is 0 Å². The molecule has 1 fully saturated rings. The lowest BCUT2D eigenvalue weighted by Gasteiger charge is -2.49. The summed E-state index contributed by atoms with van der Waals surface area (Å²) in [6, 6.07) is 2.42. The summed E-state index contributed by atoms with van der Waals surface area (Å²) in [6.07, 6.45) is 0. The van der Waals surface area contributed by atoms with Gasteiger partial charge in [0, 0.05) is 37.3 Å². The van der Waals surface area contributed by atoms with Crippen molar-refractivity contribution in [3.63, 3.8) is 0 Å². The molecular formula is C18H22ClN5O. The van der Waals surface area contributed by atoms with Gasteiger partial charge in [-0.05, 0) is 27.0 Å². The smallest absolute Gasteiger partial charge is 0.277 e. The number of piperazine rings is 1. The Morgan fingerprint density at radius 3 is 2.80 bits per heavy atom. The highest BCUT2D eigenvalue weighted by molar-refractivity contribution is 6.32. The van der Waals surface area contributed by atoms with Gasteiger partial charge in [0.15, 0.2) is 0 Å². The van der Waals surface area contributed by atoms with Crippen molar-refractivity contribution in [2.24, 2.45) is 7.05 Å². The van der Waals surface area contributed by atoms with Crippen LogP contribution in [0.15, 0.2) is 23.1 Å². The van der Waals surface area contributed by atoms with E-state index >= 15 is 0 Å². The number of nitrogens with one attached hydrogen (secondary N) is 1. The number of likely N-dealkylation sites (N-methyl/N-ethyl adjacent to an activating group) is 1. The summed E-state index contributed by atoms with van der Waals surface area (Å²) in [6.45, 7) is 9.90. The third kappa shape index (κ3) is 2.28. The van der Waals surface area contributed by atoms with Crippen LogP contribution in [0.5, 0.6) is 0 Å². The van der Waals surface area contributed by atoms with E-state index < -0.39 is 0 Å². The summed E-state index contributed by atoms with van der Waals surface area (Å²) in [5.41, 5.74) is 3.60. The summed E-state index contributed by atoms with van der Waals surface area (Å²) in [5.74, 6) is 0. The van der Waals surface area contributed by atoms with Crippen molar-refractivity contribution in [2.75, 3.05) is 30.4 Å². The quantitative estimate of drug-likeness (QED) is 0.782. The molecule has 4 heterocycles. The second kappa shape index (κ2) is 5.47. The van der Waals surface area contributed by atoms with Crippen LogP contribution in [0.3, 0.4) is 0 Å². The van der Waals surface area contributed by atoms with Gasteiger partial charge in [-0.25, -0.2) is 4.98 Å². The molecule has 25 heavy (non-hydrogen) atoms. The highest BCUT2D eigenvalue weighted by atomic mass is 35.5. The number of anilines is 2. The number of nitrogens with zero attached hydrogens (tertiary/aromatic N) is 4. The van der Waals surface area contributed by atoms with Crippen molar-refractivity contribution in [1.29, 1.82) is 0 Å². The molecule has 7 heteroatoms. The van der Waals surface area contributed by atoms with Crippen LogP contribution in [0.1, 0.15) is 12.6 Å². The molecule has 0 amide bonds. The maximum absolute atomic E-state index is 12.9. The van der Waals surface area contributed by atoms with Gasteiger partial charge in [0.1, 0.15) is 11.3 Å². The Kier molecular flexibility index (Phi) is 3.60. The van der Waals surface area contributed by atoms with Crippen molar-refractivity contribution in [3.05, 3.63) is 39.4 Å². The van der Waals surface area contributed by atoms with Crippen LogP contribution in [-0.4, -0.2) is 46.7 Å². The maximum Gasteiger partial charge on any atom is 0.277 e. The summed E-state index contributed by atoms with van der Waals surface area (Å²) in [5, 5.41) is 4.77. The predicted molar refractivity (Wildman–Crippen MR) is 103 cm³/mol. The fourth-order valence-corrected chi connectivity index (χ4v) is 3.95. The molecule has 2 aliphatic rings. The van der Waals surface area contributed by atoms with Crippen LogP contribution in [0, 0.1) is 6.92 Å². The molecule has 0 spiro atoms. The van der Waals surface area contributed by atoms with E-state index in [4.69, 9.17) is 11.6 Å². The second-order valence-electron chi connectivity index (χ2n) is 7.12. The molecule has 2 unspecified atom stereocenters. The Hall–Kier alpha value is -2.05. The Labute approximate surface area is 151 Å². The first kappa shape index (κ1) is 16.4. The van der Waals surface area contributed by atoms with Crippen molar-refractivity contribution >= 4 is 34.0 Å². The topological polar surface area (TPSA) is 53.4 Å². The summed E-state index contributed by atoms with van der Waals surface area (Å²) >= 11 is 6.36. The van der Waals surface area contributed by atoms with E-state index in [1.54, 1.807) is 11.6 Å². The van der Waals surface area contributed by atoms with Crippen molar-refractivity contribution < 1.29 is 0 Å². The normalized spacial score (nSPS) is 23.4. The molecule has 1 saturated heterocycles. The fourth-order valence-electron chi connectivity index (χ4n) is 3.80. The first-order valence-corrected chi connectivity index (χ1v) is 8.80. The Morgan fingerprint density at radius 1 is 1.36 bits per heavy atom. The molecule has 2 aliphatic heterocycles. The number of hydrogen-bond donors (Lipinski definition) is 1. The molecule has 1 N–H and O–H groups in total. The lowest BCUT2D eigenvalue weighted by atomic mass is 9.99. The zero-order valence-electron chi connectivity index (χ0n) is 14.9. The second-order valence-corrected chi connectivity index (χ2v) is 7.53. The average Bonchev–Trinajstić information content (AvgIpc) is 2.56. The van der Waals surface area contributed by atoms with E-state index in [1.807, 2.05) is 13.0 Å². The van der Waals surface area contributed by atoms with Crippen molar-refractivity contribution in [1.82, 2.24) is 14.5 Å². The monoisotopic (exact) mass is 359 g/mol. The number of aryl methyl sites for hydroxylation is 2. The van der Waals surface area contributed by atoms with Crippen LogP contribution < -0.4 is 15.8 Å². The van der Waals surface area contributed by atoms with Crippen molar-refractivity contribution in [2.45, 2.75) is 25.9 Å². The number of rotatable bonds is 0. The predicted octanol–water partition coefficient (Wildman–Crippen LogP) is 2.34. The van der Waals surface area contributed by atoms with Gasteiger partial charge in [-0.3, -0.25) is 14.3 Å². The van der Waals surface area contributed by atoms with E-state index in [0.717, 1.165) is 35.6 Å². The third-order valence-corrected chi connectivity index (χ3v) is 5.87. The van der Waals surface area contributed by atoms with E-state index in [-0.39, 0.29) is 11.6 Å². The standard InChI is InChI=1S/C18H22ClN5O/c1-9-7-24-14(8-22(9)4)11(3)20-15-16(24)12-6-13(19)10(2)21-17(12)23(5)18(15)25/h6,9,14,20H,3,7-8H2,1-2,4-5H3. The van der Waals surface area contributed by atoms with Gasteiger partial charge in [0.05, 0.1) is 22.4 Å². The number of halogens is 1. The van der Waals surface area contributed by atoms with E-state index in [0.29, 0.717) is 22.4 Å². The van der Waals surface area contributed by atoms with Crippen LogP contribution in [0.4, 0.5) is 11.4 Å². The molecule has 2 aromatic rings. The minimum absolute atomic E-state index is 0.0945. The lowest BCUT2D eigenvalue weighted by molar-refractivity contribution is 0.210. The third-order valence-electron chi connectivity index (χ3n) is 5.48. The van der Waals surface area contributed by atoms with Gasteiger partial charge in [-0.1, -0.05) is 18.2 Å². The first-order chi connectivity index (χ1) is 11.8. The molecule has 132 valence electrons. The van der Waals surface area contributed by atoms with Gasteiger partial charge in [0.2, 0.25) is 0 Å². The number of aromatic nitrogens is 2. The van der Waals surface area contributed by atoms with Gasteiger partial charge in [-0.2, -0.15) is 0 Å². The largest absolute Gasteiger partial charge is 0.358 e. The maximum atomic E-state index is 12.9. The Morgan fingerprint density at radius 2 is 2.08 bits per heavy atom. The number of hydrogen-bond acceptors (Lipinski definition) is 5. The van der Waals surface area contributed by atoms with E-state index in [2.05, 4.69) is 40.7 Å². The number of fused-ring (bicyclic) bond motifs is 5. The molecule has 2 atom stereocenters. The molecular weight excluding hydrogens is 338 g/mol. The van der Waals surface area contributed by atoms with Crippen LogP contribution in [0.2, 0.25) is 5.02 Å². The molecule has 0 bridgehead atoms. The van der Waals surface area contributed by atoms with Gasteiger partial charge in [-0.15, -0.1) is 0 Å². The van der Waals surface area contributed by atoms with Gasteiger partial charge in [0.25, 0.3) is 5.56 Å². The number of pyridine rings is 2.